The van der Waals surface area contributed by atoms with Gasteiger partial charge < -0.3 is 10.6 Å². The number of hydrogen-bond acceptors (Lipinski definition) is 4. The van der Waals surface area contributed by atoms with Crippen LogP contribution in [0.1, 0.15) is 25.7 Å². The molecule has 4 heteroatoms. The van der Waals surface area contributed by atoms with Crippen LogP contribution in [0.5, 0.6) is 0 Å². The first-order valence-electron chi connectivity index (χ1n) is 5.69. The average Bonchev–Trinajstić information content (AvgIpc) is 2.60. The van der Waals surface area contributed by atoms with Crippen LogP contribution in [-0.2, 0) is 0 Å². The molecule has 0 radical (unpaired) electrons. The van der Waals surface area contributed by atoms with Gasteiger partial charge in [0.2, 0.25) is 0 Å². The summed E-state index contributed by atoms with van der Waals surface area (Å²) in [5, 5.41) is 7.12. The summed E-state index contributed by atoms with van der Waals surface area (Å²) in [6.45, 7) is 0. The van der Waals surface area contributed by atoms with Gasteiger partial charge >= 0.3 is 0 Å². The Kier molecular flexibility index (Phi) is 2.29. The van der Waals surface area contributed by atoms with Crippen molar-refractivity contribution in [3.05, 3.63) is 18.6 Å². The van der Waals surface area contributed by atoms with E-state index in [1.807, 2.05) is 6.07 Å². The van der Waals surface area contributed by atoms with Crippen LogP contribution in [-0.4, -0.2) is 28.1 Å². The first-order valence-corrected chi connectivity index (χ1v) is 5.69. The minimum atomic E-state index is 0.582. The highest BCUT2D eigenvalue weighted by Crippen LogP contribution is 2.28. The van der Waals surface area contributed by atoms with Gasteiger partial charge in [-0.2, -0.15) is 0 Å². The van der Waals surface area contributed by atoms with Gasteiger partial charge in [-0.1, -0.05) is 0 Å². The molecule has 3 rings (SSSR count). The van der Waals surface area contributed by atoms with Crippen LogP contribution in [0.25, 0.3) is 0 Å². The van der Waals surface area contributed by atoms with E-state index < -0.39 is 0 Å². The van der Waals surface area contributed by atoms with Gasteiger partial charge in [0, 0.05) is 24.3 Å². The largest absolute Gasteiger partial charge is 0.367 e. The molecule has 0 spiro atoms. The SMILES string of the molecule is c1cc(NC2CC3CCC(C2)N3)ncn1. The number of rotatable bonds is 2. The third-order valence-electron chi connectivity index (χ3n) is 3.41. The molecule has 2 bridgehead atoms. The average molecular weight is 204 g/mol. The third-order valence-corrected chi connectivity index (χ3v) is 3.41. The molecule has 2 aliphatic heterocycles. The molecule has 0 aromatic carbocycles. The van der Waals surface area contributed by atoms with Gasteiger partial charge in [-0.05, 0) is 31.7 Å². The zero-order chi connectivity index (χ0) is 10.1. The number of piperidine rings is 1. The Bertz CT molecular complexity index is 315. The van der Waals surface area contributed by atoms with Crippen LogP contribution >= 0.6 is 0 Å². The summed E-state index contributed by atoms with van der Waals surface area (Å²) < 4.78 is 0. The van der Waals surface area contributed by atoms with Crippen LogP contribution in [0.3, 0.4) is 0 Å². The van der Waals surface area contributed by atoms with Crippen molar-refractivity contribution in [3.8, 4) is 0 Å². The summed E-state index contributed by atoms with van der Waals surface area (Å²) in [5.41, 5.74) is 0. The van der Waals surface area contributed by atoms with Gasteiger partial charge in [0.05, 0.1) is 0 Å². The zero-order valence-electron chi connectivity index (χ0n) is 8.69. The lowest BCUT2D eigenvalue weighted by Gasteiger charge is -2.29. The van der Waals surface area contributed by atoms with E-state index in [1.54, 1.807) is 12.5 Å². The number of nitrogens with zero attached hydrogens (tertiary/aromatic N) is 2. The zero-order valence-corrected chi connectivity index (χ0v) is 8.69. The van der Waals surface area contributed by atoms with E-state index in [-0.39, 0.29) is 0 Å². The van der Waals surface area contributed by atoms with Crippen molar-refractivity contribution in [2.24, 2.45) is 0 Å². The lowest BCUT2D eigenvalue weighted by Crippen LogP contribution is -2.43. The Hall–Kier alpha value is -1.16. The summed E-state index contributed by atoms with van der Waals surface area (Å²) >= 11 is 0. The molecule has 2 fully saturated rings. The second-order valence-corrected chi connectivity index (χ2v) is 4.55. The fraction of sp³-hybridized carbons (Fsp3) is 0.636. The fourth-order valence-corrected chi connectivity index (χ4v) is 2.76. The van der Waals surface area contributed by atoms with Crippen LogP contribution in [0.4, 0.5) is 5.82 Å². The second-order valence-electron chi connectivity index (χ2n) is 4.55. The predicted octanol–water partition coefficient (Wildman–Crippen LogP) is 1.17. The van der Waals surface area contributed by atoms with Crippen molar-refractivity contribution in [3.63, 3.8) is 0 Å². The Morgan fingerprint density at radius 1 is 1.27 bits per heavy atom. The monoisotopic (exact) mass is 204 g/mol. The normalized spacial score (nSPS) is 34.0. The molecule has 1 aromatic heterocycles. The lowest BCUT2D eigenvalue weighted by molar-refractivity contribution is 0.377. The lowest BCUT2D eigenvalue weighted by atomic mass is 10.00. The number of hydrogen-bond donors (Lipinski definition) is 2. The molecule has 2 aliphatic rings. The topological polar surface area (TPSA) is 49.8 Å². The van der Waals surface area contributed by atoms with Crippen molar-refractivity contribution < 1.29 is 0 Å². The second kappa shape index (κ2) is 3.77. The molecule has 80 valence electrons. The number of nitrogens with one attached hydrogen (secondary N) is 2. The molecular formula is C11H16N4. The molecule has 0 amide bonds. The summed E-state index contributed by atoms with van der Waals surface area (Å²) in [6, 6.07) is 3.97. The van der Waals surface area contributed by atoms with Crippen LogP contribution in [0, 0.1) is 0 Å². The van der Waals surface area contributed by atoms with Crippen LogP contribution < -0.4 is 10.6 Å². The molecule has 4 nitrogen and oxygen atoms in total. The van der Waals surface area contributed by atoms with Gasteiger partial charge in [-0.25, -0.2) is 9.97 Å². The molecule has 0 aliphatic carbocycles. The first kappa shape index (κ1) is 9.09. The quantitative estimate of drug-likeness (QED) is 0.759. The third kappa shape index (κ3) is 1.95. The number of fused-ring (bicyclic) bond motifs is 2. The van der Waals surface area contributed by atoms with E-state index >= 15 is 0 Å². The predicted molar refractivity (Wildman–Crippen MR) is 58.6 cm³/mol. The van der Waals surface area contributed by atoms with Gasteiger partial charge in [-0.15, -0.1) is 0 Å². The molecule has 2 unspecified atom stereocenters. The van der Waals surface area contributed by atoms with Gasteiger partial charge in [-0.3, -0.25) is 0 Å². The summed E-state index contributed by atoms with van der Waals surface area (Å²) in [4.78, 5) is 8.12. The van der Waals surface area contributed by atoms with Crippen LogP contribution in [0.2, 0.25) is 0 Å². The summed E-state index contributed by atoms with van der Waals surface area (Å²) in [7, 11) is 0. The number of anilines is 1. The van der Waals surface area contributed by atoms with E-state index in [4.69, 9.17) is 0 Å². The Morgan fingerprint density at radius 3 is 2.73 bits per heavy atom. The van der Waals surface area contributed by atoms with Crippen molar-refractivity contribution in [1.82, 2.24) is 15.3 Å². The van der Waals surface area contributed by atoms with E-state index in [0.29, 0.717) is 6.04 Å². The smallest absolute Gasteiger partial charge is 0.129 e. The highest BCUT2D eigenvalue weighted by Gasteiger charge is 2.33. The minimum Gasteiger partial charge on any atom is -0.367 e. The molecule has 2 saturated heterocycles. The maximum atomic E-state index is 4.20. The molecule has 15 heavy (non-hydrogen) atoms. The van der Waals surface area contributed by atoms with Crippen molar-refractivity contribution in [2.75, 3.05) is 5.32 Å². The van der Waals surface area contributed by atoms with E-state index in [9.17, 15) is 0 Å². The van der Waals surface area contributed by atoms with E-state index in [2.05, 4.69) is 20.6 Å². The maximum absolute atomic E-state index is 4.20. The minimum absolute atomic E-state index is 0.582. The van der Waals surface area contributed by atoms with Crippen molar-refractivity contribution in [1.29, 1.82) is 0 Å². The van der Waals surface area contributed by atoms with Crippen molar-refractivity contribution in [2.45, 2.75) is 43.8 Å². The number of aromatic nitrogens is 2. The standard InChI is InChI=1S/C11H16N4/c1-2-9-6-10(5-8(1)14-9)15-11-3-4-12-7-13-11/h3-4,7-10,14H,1-2,5-6H2,(H,12,13,15). The summed E-state index contributed by atoms with van der Waals surface area (Å²) in [5.74, 6) is 0.955. The Labute approximate surface area is 89.5 Å². The summed E-state index contributed by atoms with van der Waals surface area (Å²) in [6.07, 6.45) is 8.50. The Morgan fingerprint density at radius 2 is 2.07 bits per heavy atom. The molecule has 2 atom stereocenters. The van der Waals surface area contributed by atoms with E-state index in [1.165, 1.54) is 25.7 Å². The molecule has 1 aromatic rings. The van der Waals surface area contributed by atoms with E-state index in [0.717, 1.165) is 17.9 Å². The first-order chi connectivity index (χ1) is 7.40. The maximum Gasteiger partial charge on any atom is 0.129 e. The highest BCUT2D eigenvalue weighted by atomic mass is 15.1. The van der Waals surface area contributed by atoms with Gasteiger partial charge in [0.1, 0.15) is 12.1 Å². The van der Waals surface area contributed by atoms with Gasteiger partial charge in [0.25, 0.3) is 0 Å². The highest BCUT2D eigenvalue weighted by molar-refractivity contribution is 5.33. The molecule has 3 heterocycles. The van der Waals surface area contributed by atoms with Gasteiger partial charge in [0.15, 0.2) is 0 Å². The Balaban J connectivity index is 1.65. The molecular weight excluding hydrogens is 188 g/mol. The molecule has 0 saturated carbocycles. The molecule has 2 N–H and O–H groups in total. The van der Waals surface area contributed by atoms with Crippen molar-refractivity contribution >= 4 is 5.82 Å². The van der Waals surface area contributed by atoms with Crippen LogP contribution in [0.15, 0.2) is 18.6 Å². The fourth-order valence-electron chi connectivity index (χ4n) is 2.76.